The first kappa shape index (κ1) is 8.30. The summed E-state index contributed by atoms with van der Waals surface area (Å²) < 4.78 is 11.7. The molecule has 0 bridgehead atoms. The lowest BCUT2D eigenvalue weighted by atomic mass is 10.5. The molecule has 0 aliphatic heterocycles. The topological polar surface area (TPSA) is 22.4 Å². The minimum Gasteiger partial charge on any atom is -0.451 e. The van der Waals surface area contributed by atoms with Gasteiger partial charge in [-0.1, -0.05) is 0 Å². The first-order valence-electron chi connectivity index (χ1n) is 2.66. The number of furan rings is 1. The molecule has 0 N–H and O–H groups in total. The standard InChI is InChI=1S/C6H6Br2O2/c1-9-3-4-2-5(7)6(8)10-4/h2H,3H2,1H3. The van der Waals surface area contributed by atoms with Gasteiger partial charge in [-0.15, -0.1) is 0 Å². The quantitative estimate of drug-likeness (QED) is 0.824. The van der Waals surface area contributed by atoms with E-state index in [2.05, 4.69) is 31.9 Å². The van der Waals surface area contributed by atoms with Crippen LogP contribution < -0.4 is 0 Å². The Bertz CT molecular complexity index is 200. The summed E-state index contributed by atoms with van der Waals surface area (Å²) in [5, 5.41) is 0. The van der Waals surface area contributed by atoms with E-state index in [9.17, 15) is 0 Å². The zero-order valence-electron chi connectivity index (χ0n) is 5.36. The number of rotatable bonds is 2. The third-order valence-electron chi connectivity index (χ3n) is 0.983. The average molecular weight is 270 g/mol. The molecule has 1 rings (SSSR count). The van der Waals surface area contributed by atoms with Crippen LogP contribution in [0.5, 0.6) is 0 Å². The molecule has 0 radical (unpaired) electrons. The summed E-state index contributed by atoms with van der Waals surface area (Å²) in [5.41, 5.74) is 0. The predicted octanol–water partition coefficient (Wildman–Crippen LogP) is 2.95. The minimum absolute atomic E-state index is 0.504. The van der Waals surface area contributed by atoms with Gasteiger partial charge in [-0.2, -0.15) is 0 Å². The molecule has 0 saturated heterocycles. The molecular weight excluding hydrogens is 264 g/mol. The van der Waals surface area contributed by atoms with Crippen molar-refractivity contribution in [3.63, 3.8) is 0 Å². The smallest absolute Gasteiger partial charge is 0.183 e. The zero-order chi connectivity index (χ0) is 7.56. The molecule has 2 nitrogen and oxygen atoms in total. The molecule has 0 unspecified atom stereocenters. The largest absolute Gasteiger partial charge is 0.451 e. The lowest BCUT2D eigenvalue weighted by Gasteiger charge is -1.89. The van der Waals surface area contributed by atoms with Gasteiger partial charge in [-0.05, 0) is 37.9 Å². The highest BCUT2D eigenvalue weighted by Crippen LogP contribution is 2.26. The number of halogens is 2. The van der Waals surface area contributed by atoms with Crippen LogP contribution in [0.1, 0.15) is 5.76 Å². The Morgan fingerprint density at radius 2 is 2.30 bits per heavy atom. The van der Waals surface area contributed by atoms with Crippen LogP contribution in [0.15, 0.2) is 19.6 Å². The van der Waals surface area contributed by atoms with Gasteiger partial charge in [0.1, 0.15) is 12.4 Å². The lowest BCUT2D eigenvalue weighted by molar-refractivity contribution is 0.163. The molecule has 10 heavy (non-hydrogen) atoms. The van der Waals surface area contributed by atoms with Crippen molar-refractivity contribution >= 4 is 31.9 Å². The Morgan fingerprint density at radius 1 is 1.60 bits per heavy atom. The van der Waals surface area contributed by atoms with Gasteiger partial charge in [0.05, 0.1) is 4.47 Å². The van der Waals surface area contributed by atoms with E-state index < -0.39 is 0 Å². The van der Waals surface area contributed by atoms with Crippen LogP contribution in [0.2, 0.25) is 0 Å². The Labute approximate surface area is 75.8 Å². The van der Waals surface area contributed by atoms with Gasteiger partial charge in [0.2, 0.25) is 0 Å². The van der Waals surface area contributed by atoms with Crippen LogP contribution in [0, 0.1) is 0 Å². The summed E-state index contributed by atoms with van der Waals surface area (Å²) >= 11 is 6.51. The molecule has 0 atom stereocenters. The Kier molecular flexibility index (Phi) is 2.95. The molecule has 4 heteroatoms. The number of methoxy groups -OCH3 is 1. The fourth-order valence-electron chi connectivity index (χ4n) is 0.605. The van der Waals surface area contributed by atoms with E-state index in [1.54, 1.807) is 7.11 Å². The molecule has 1 aromatic heterocycles. The van der Waals surface area contributed by atoms with Crippen LogP contribution in [0.3, 0.4) is 0 Å². The van der Waals surface area contributed by atoms with Crippen LogP contribution in [-0.2, 0) is 11.3 Å². The molecule has 0 aliphatic rings. The second-order valence-corrected chi connectivity index (χ2v) is 3.34. The maximum Gasteiger partial charge on any atom is 0.183 e. The monoisotopic (exact) mass is 268 g/mol. The third-order valence-corrected chi connectivity index (χ3v) is 2.69. The summed E-state index contributed by atoms with van der Waals surface area (Å²) in [5.74, 6) is 0.807. The highest BCUT2D eigenvalue weighted by molar-refractivity contribution is 9.13. The summed E-state index contributed by atoms with van der Waals surface area (Å²) in [6, 6.07) is 1.87. The molecule has 0 fully saturated rings. The Hall–Kier alpha value is 0.200. The molecule has 56 valence electrons. The van der Waals surface area contributed by atoms with Crippen molar-refractivity contribution < 1.29 is 9.15 Å². The van der Waals surface area contributed by atoms with Gasteiger partial charge in [0.15, 0.2) is 4.67 Å². The SMILES string of the molecule is COCc1cc(Br)c(Br)o1. The predicted molar refractivity (Wildman–Crippen MR) is 44.8 cm³/mol. The van der Waals surface area contributed by atoms with Crippen molar-refractivity contribution in [2.75, 3.05) is 7.11 Å². The minimum atomic E-state index is 0.504. The number of ether oxygens (including phenoxy) is 1. The van der Waals surface area contributed by atoms with Crippen LogP contribution >= 0.6 is 31.9 Å². The van der Waals surface area contributed by atoms with Crippen molar-refractivity contribution in [1.29, 1.82) is 0 Å². The first-order valence-corrected chi connectivity index (χ1v) is 4.25. The van der Waals surface area contributed by atoms with E-state index in [0.717, 1.165) is 10.2 Å². The third kappa shape index (κ3) is 1.84. The maximum absolute atomic E-state index is 5.20. The van der Waals surface area contributed by atoms with E-state index in [-0.39, 0.29) is 0 Å². The molecule has 1 heterocycles. The van der Waals surface area contributed by atoms with Crippen LogP contribution in [0.4, 0.5) is 0 Å². The van der Waals surface area contributed by atoms with Gasteiger partial charge in [-0.3, -0.25) is 0 Å². The number of hydrogen-bond donors (Lipinski definition) is 0. The first-order chi connectivity index (χ1) is 4.74. The molecule has 0 saturated carbocycles. The average Bonchev–Trinajstić information content (AvgIpc) is 2.14. The Balaban J connectivity index is 2.77. The summed E-state index contributed by atoms with van der Waals surface area (Å²) in [7, 11) is 1.63. The van der Waals surface area contributed by atoms with E-state index in [4.69, 9.17) is 9.15 Å². The molecule has 0 aliphatic carbocycles. The molecule has 0 amide bonds. The summed E-state index contributed by atoms with van der Waals surface area (Å²) in [6.45, 7) is 0.504. The zero-order valence-corrected chi connectivity index (χ0v) is 8.53. The van der Waals surface area contributed by atoms with Crippen molar-refractivity contribution in [1.82, 2.24) is 0 Å². The second kappa shape index (κ2) is 3.55. The van der Waals surface area contributed by atoms with Crippen molar-refractivity contribution in [3.8, 4) is 0 Å². The highest BCUT2D eigenvalue weighted by Gasteiger charge is 2.04. The lowest BCUT2D eigenvalue weighted by Crippen LogP contribution is -1.81. The van der Waals surface area contributed by atoms with Gasteiger partial charge >= 0.3 is 0 Å². The number of hydrogen-bond acceptors (Lipinski definition) is 2. The van der Waals surface area contributed by atoms with Crippen LogP contribution in [-0.4, -0.2) is 7.11 Å². The molecular formula is C6H6Br2O2. The maximum atomic E-state index is 5.20. The van der Waals surface area contributed by atoms with Gasteiger partial charge in [0, 0.05) is 7.11 Å². The molecule has 1 aromatic rings. The van der Waals surface area contributed by atoms with Crippen LogP contribution in [0.25, 0.3) is 0 Å². The van der Waals surface area contributed by atoms with Gasteiger partial charge in [0.25, 0.3) is 0 Å². The van der Waals surface area contributed by atoms with E-state index in [0.29, 0.717) is 11.3 Å². The fraction of sp³-hybridized carbons (Fsp3) is 0.333. The fourth-order valence-corrected chi connectivity index (χ4v) is 1.26. The molecule has 0 aromatic carbocycles. The van der Waals surface area contributed by atoms with Crippen molar-refractivity contribution in [2.24, 2.45) is 0 Å². The molecule has 0 spiro atoms. The normalized spacial score (nSPS) is 10.3. The van der Waals surface area contributed by atoms with E-state index in [1.165, 1.54) is 0 Å². The van der Waals surface area contributed by atoms with E-state index in [1.807, 2.05) is 6.07 Å². The van der Waals surface area contributed by atoms with Gasteiger partial charge < -0.3 is 9.15 Å². The van der Waals surface area contributed by atoms with Crippen molar-refractivity contribution in [3.05, 3.63) is 21.0 Å². The van der Waals surface area contributed by atoms with Crippen molar-refractivity contribution in [2.45, 2.75) is 6.61 Å². The van der Waals surface area contributed by atoms with E-state index >= 15 is 0 Å². The Morgan fingerprint density at radius 3 is 2.70 bits per heavy atom. The highest BCUT2D eigenvalue weighted by atomic mass is 79.9. The second-order valence-electron chi connectivity index (χ2n) is 1.77. The summed E-state index contributed by atoms with van der Waals surface area (Å²) in [4.78, 5) is 0. The summed E-state index contributed by atoms with van der Waals surface area (Å²) in [6.07, 6.45) is 0. The van der Waals surface area contributed by atoms with Gasteiger partial charge in [-0.25, -0.2) is 0 Å².